The fourth-order valence-electron chi connectivity index (χ4n) is 6.53. The Bertz CT molecular complexity index is 1870. The molecule has 5 aromatic rings. The normalized spacial score (nSPS) is 19.9. The van der Waals surface area contributed by atoms with E-state index in [1.807, 2.05) is 11.3 Å². The van der Waals surface area contributed by atoms with Crippen molar-refractivity contribution in [3.8, 4) is 11.3 Å². The van der Waals surface area contributed by atoms with Crippen LogP contribution in [-0.2, 0) is 12.5 Å². The number of hydrogen-bond acceptors (Lipinski definition) is 2. The number of rotatable bonds is 1. The van der Waals surface area contributed by atoms with E-state index in [0.29, 0.717) is 5.92 Å². The van der Waals surface area contributed by atoms with Crippen molar-refractivity contribution >= 4 is 71.5 Å². The molecule has 0 N–H and O–H groups in total. The first-order chi connectivity index (χ1) is 16.8. The third-order valence-corrected chi connectivity index (χ3v) is 12.6. The van der Waals surface area contributed by atoms with Crippen LogP contribution in [0.4, 0.5) is 5.69 Å². The standard InChI is InChI=1S/C31H28N2PS/c1-17-12-15-33-21-9-11-24-27-26-23(35-24)10-7-18-6-8-20(28(25(18)26)34(29(21)27)30(17)33)22-16-19(31(2,3)4)13-14-32(22)5/h6-17,34H,1-5H3/q+1. The van der Waals surface area contributed by atoms with Crippen LogP contribution in [0.5, 0.6) is 0 Å². The molecule has 172 valence electrons. The summed E-state index contributed by atoms with van der Waals surface area (Å²) in [6, 6.07) is 19.0. The van der Waals surface area contributed by atoms with Crippen molar-refractivity contribution in [3.63, 3.8) is 0 Å². The fraction of sp³-hybridized carbons (Fsp3) is 0.226. The summed E-state index contributed by atoms with van der Waals surface area (Å²) < 4.78 is 5.20. The van der Waals surface area contributed by atoms with Gasteiger partial charge in [-0.15, -0.1) is 11.3 Å². The van der Waals surface area contributed by atoms with E-state index in [0.717, 1.165) is 0 Å². The van der Waals surface area contributed by atoms with Gasteiger partial charge in [0.2, 0.25) is 5.69 Å². The molecular formula is C31H28N2PS+. The molecule has 0 bridgehead atoms. The Labute approximate surface area is 210 Å². The Morgan fingerprint density at radius 1 is 0.914 bits per heavy atom. The number of pyridine rings is 1. The van der Waals surface area contributed by atoms with E-state index in [9.17, 15) is 0 Å². The van der Waals surface area contributed by atoms with Gasteiger partial charge >= 0.3 is 0 Å². The number of nitrogens with zero attached hydrogens (tertiary/aromatic N) is 2. The number of anilines is 1. The summed E-state index contributed by atoms with van der Waals surface area (Å²) in [4.78, 5) is 2.54. The summed E-state index contributed by atoms with van der Waals surface area (Å²) in [7, 11) is 1.09. The van der Waals surface area contributed by atoms with Crippen LogP contribution >= 0.6 is 18.9 Å². The minimum Gasteiger partial charge on any atom is -0.320 e. The first-order valence-corrected chi connectivity index (χ1v) is 14.8. The fourth-order valence-corrected chi connectivity index (χ4v) is 11.5. The lowest BCUT2D eigenvalue weighted by molar-refractivity contribution is -0.660. The van der Waals surface area contributed by atoms with Gasteiger partial charge in [0, 0.05) is 60.4 Å². The second kappa shape index (κ2) is 6.46. The second-order valence-electron chi connectivity index (χ2n) is 11.4. The lowest BCUT2D eigenvalue weighted by Crippen LogP contribution is -2.33. The van der Waals surface area contributed by atoms with Crippen molar-refractivity contribution in [2.75, 3.05) is 4.90 Å². The van der Waals surface area contributed by atoms with Crippen LogP contribution in [0.1, 0.15) is 33.3 Å². The minimum atomic E-state index is -1.11. The van der Waals surface area contributed by atoms with Crippen LogP contribution in [0.25, 0.3) is 42.2 Å². The van der Waals surface area contributed by atoms with Crippen LogP contribution in [0.3, 0.4) is 0 Å². The molecule has 3 aliphatic rings. The van der Waals surface area contributed by atoms with Gasteiger partial charge in [0.05, 0.1) is 11.3 Å². The molecule has 0 fully saturated rings. The Kier molecular flexibility index (Phi) is 3.75. The number of hydrogen-bond donors (Lipinski definition) is 0. The van der Waals surface area contributed by atoms with Crippen LogP contribution in [0, 0.1) is 5.92 Å². The molecule has 35 heavy (non-hydrogen) atoms. The van der Waals surface area contributed by atoms with Gasteiger partial charge in [0.1, 0.15) is 7.05 Å². The number of aromatic nitrogens is 1. The molecule has 8 rings (SSSR count). The maximum atomic E-state index is 2.54. The minimum absolute atomic E-state index is 0.112. The molecular weight excluding hydrogens is 463 g/mol. The molecule has 5 heterocycles. The average Bonchev–Trinajstić information content (AvgIpc) is 3.49. The Balaban J connectivity index is 1.60. The molecule has 2 aromatic heterocycles. The summed E-state index contributed by atoms with van der Waals surface area (Å²) in [6.07, 6.45) is 6.98. The summed E-state index contributed by atoms with van der Waals surface area (Å²) in [5, 5.41) is 9.18. The summed E-state index contributed by atoms with van der Waals surface area (Å²) in [5.74, 6) is 0.475. The molecule has 0 saturated heterocycles. The van der Waals surface area contributed by atoms with Crippen LogP contribution in [0.15, 0.2) is 67.0 Å². The molecule has 0 saturated carbocycles. The van der Waals surface area contributed by atoms with Gasteiger partial charge in [-0.1, -0.05) is 45.9 Å². The molecule has 3 aliphatic heterocycles. The van der Waals surface area contributed by atoms with Crippen molar-refractivity contribution in [2.45, 2.75) is 33.1 Å². The Hall–Kier alpha value is -2.87. The summed E-state index contributed by atoms with van der Waals surface area (Å²) in [5.41, 5.74) is 7.29. The lowest BCUT2D eigenvalue weighted by atomic mass is 9.86. The van der Waals surface area contributed by atoms with Crippen LogP contribution in [-0.4, -0.2) is 5.42 Å². The third kappa shape index (κ3) is 2.44. The molecule has 4 heteroatoms. The highest BCUT2D eigenvalue weighted by Gasteiger charge is 2.39. The molecule has 3 aromatic carbocycles. The van der Waals surface area contributed by atoms with Crippen molar-refractivity contribution < 1.29 is 4.57 Å². The molecule has 2 nitrogen and oxygen atoms in total. The molecule has 0 radical (unpaired) electrons. The predicted molar refractivity (Wildman–Crippen MR) is 156 cm³/mol. The number of aryl methyl sites for hydroxylation is 1. The maximum absolute atomic E-state index is 2.54. The predicted octanol–water partition coefficient (Wildman–Crippen LogP) is 6.59. The lowest BCUT2D eigenvalue weighted by Gasteiger charge is -2.23. The zero-order valence-electron chi connectivity index (χ0n) is 20.7. The SMILES string of the molecule is CC1C=CN2C1=[PH]1c3c(-c4cc(C(C)(C)C)cc[n+]4C)ccc4ccc5sc6ccc2c1c6c5c34. The molecule has 0 aliphatic carbocycles. The van der Waals surface area contributed by atoms with Gasteiger partial charge in [-0.25, -0.2) is 4.57 Å². The molecule has 2 atom stereocenters. The van der Waals surface area contributed by atoms with Gasteiger partial charge < -0.3 is 4.90 Å². The van der Waals surface area contributed by atoms with Crippen LogP contribution in [0.2, 0.25) is 0 Å². The van der Waals surface area contributed by atoms with E-state index < -0.39 is 7.55 Å². The van der Waals surface area contributed by atoms with E-state index in [1.54, 1.807) is 21.4 Å². The average molecular weight is 492 g/mol. The van der Waals surface area contributed by atoms with E-state index in [-0.39, 0.29) is 5.41 Å². The Morgan fingerprint density at radius 2 is 1.69 bits per heavy atom. The zero-order valence-corrected chi connectivity index (χ0v) is 22.5. The zero-order chi connectivity index (χ0) is 23.8. The monoisotopic (exact) mass is 491 g/mol. The first kappa shape index (κ1) is 20.3. The third-order valence-electron chi connectivity index (χ3n) is 8.29. The number of benzene rings is 3. The molecule has 0 amide bonds. The van der Waals surface area contributed by atoms with Gasteiger partial charge in [-0.2, -0.15) is 0 Å². The van der Waals surface area contributed by atoms with E-state index in [2.05, 4.69) is 111 Å². The van der Waals surface area contributed by atoms with Crippen LogP contribution < -0.4 is 20.1 Å². The van der Waals surface area contributed by atoms with Crippen molar-refractivity contribution in [2.24, 2.45) is 13.0 Å². The molecule has 2 unspecified atom stereocenters. The van der Waals surface area contributed by atoms with Gasteiger partial charge in [0.15, 0.2) is 6.20 Å². The van der Waals surface area contributed by atoms with Gasteiger partial charge in [0.25, 0.3) is 0 Å². The first-order valence-electron chi connectivity index (χ1n) is 12.5. The van der Waals surface area contributed by atoms with E-state index in [1.165, 1.54) is 48.1 Å². The maximum Gasteiger partial charge on any atom is 0.213 e. The van der Waals surface area contributed by atoms with Crippen molar-refractivity contribution in [3.05, 3.63) is 72.6 Å². The highest BCUT2D eigenvalue weighted by atomic mass is 32.1. The van der Waals surface area contributed by atoms with E-state index >= 15 is 0 Å². The largest absolute Gasteiger partial charge is 0.320 e. The Morgan fingerprint density at radius 3 is 2.51 bits per heavy atom. The van der Waals surface area contributed by atoms with Crippen molar-refractivity contribution in [1.82, 2.24) is 0 Å². The van der Waals surface area contributed by atoms with Gasteiger partial charge in [-0.3, -0.25) is 0 Å². The van der Waals surface area contributed by atoms with Gasteiger partial charge in [-0.05, 0) is 53.6 Å². The quantitative estimate of drug-likeness (QED) is 0.186. The highest BCUT2D eigenvalue weighted by Crippen LogP contribution is 2.54. The number of fused-ring (bicyclic) bond motifs is 3. The summed E-state index contributed by atoms with van der Waals surface area (Å²) in [6.45, 7) is 9.32. The highest BCUT2D eigenvalue weighted by molar-refractivity contribution is 7.76. The second-order valence-corrected chi connectivity index (χ2v) is 14.7. The smallest absolute Gasteiger partial charge is 0.213 e. The topological polar surface area (TPSA) is 7.12 Å². The van der Waals surface area contributed by atoms with E-state index in [4.69, 9.17) is 0 Å². The number of thiophene rings is 1. The summed E-state index contributed by atoms with van der Waals surface area (Å²) >= 11 is 1.97. The van der Waals surface area contributed by atoms with Crippen molar-refractivity contribution in [1.29, 1.82) is 0 Å². The molecule has 0 spiro atoms.